The Hall–Kier alpha value is -2.00. The molecule has 1 aliphatic heterocycles. The summed E-state index contributed by atoms with van der Waals surface area (Å²) in [6.07, 6.45) is -3.30. The highest BCUT2D eigenvalue weighted by Crippen LogP contribution is 2.21. The van der Waals surface area contributed by atoms with Crippen molar-refractivity contribution < 1.29 is 22.6 Å². The van der Waals surface area contributed by atoms with E-state index in [4.69, 9.17) is 9.47 Å². The van der Waals surface area contributed by atoms with E-state index in [1.54, 1.807) is 21.1 Å². The molecule has 1 aromatic rings. The van der Waals surface area contributed by atoms with E-state index in [1.165, 1.54) is 4.90 Å². The van der Waals surface area contributed by atoms with Gasteiger partial charge in [0.05, 0.1) is 26.9 Å². The predicted octanol–water partition coefficient (Wildman–Crippen LogP) is 2.99. The molecule has 2 rings (SSSR count). The van der Waals surface area contributed by atoms with Crippen molar-refractivity contribution in [2.75, 3.05) is 60.0 Å². The molecule has 1 unspecified atom stereocenters. The molecule has 1 aliphatic rings. The fourth-order valence-electron chi connectivity index (χ4n) is 3.67. The second-order valence-corrected chi connectivity index (χ2v) is 7.38. The number of nitrogens with one attached hydrogen (secondary N) is 1. The van der Waals surface area contributed by atoms with Gasteiger partial charge in [-0.15, -0.1) is 0 Å². The van der Waals surface area contributed by atoms with Crippen molar-refractivity contribution in [2.45, 2.75) is 26.1 Å². The van der Waals surface area contributed by atoms with Gasteiger partial charge in [-0.05, 0) is 24.9 Å². The first kappa shape index (κ1) is 24.3. The Morgan fingerprint density at radius 1 is 1.33 bits per heavy atom. The molecular weight excluding hydrogens is 397 g/mol. The molecule has 1 aromatic carbocycles. The van der Waals surface area contributed by atoms with Crippen LogP contribution in [0.1, 0.15) is 18.9 Å². The monoisotopic (exact) mass is 430 g/mol. The lowest BCUT2D eigenvalue weighted by Crippen LogP contribution is -2.42. The van der Waals surface area contributed by atoms with Crippen molar-refractivity contribution >= 4 is 5.96 Å². The fourth-order valence-corrected chi connectivity index (χ4v) is 3.67. The van der Waals surface area contributed by atoms with Crippen molar-refractivity contribution in [3.8, 4) is 5.75 Å². The number of alkyl halides is 3. The molecule has 1 fully saturated rings. The third-order valence-corrected chi connectivity index (χ3v) is 5.14. The Balaban J connectivity index is 1.71. The molecule has 0 saturated carbocycles. The SMILES string of the molecule is CCN(CC1CCN(C(=NC)NCCOCc2ccccc2OC)C1)CC(F)(F)F. The minimum absolute atomic E-state index is 0.202. The fraction of sp³-hybridized carbons (Fsp3) is 0.667. The van der Waals surface area contributed by atoms with Crippen LogP contribution in [-0.2, 0) is 11.3 Å². The molecule has 0 radical (unpaired) electrons. The van der Waals surface area contributed by atoms with E-state index in [2.05, 4.69) is 15.2 Å². The van der Waals surface area contributed by atoms with Crippen LogP contribution in [0, 0.1) is 5.92 Å². The maximum absolute atomic E-state index is 12.7. The molecule has 0 aliphatic carbocycles. The van der Waals surface area contributed by atoms with E-state index in [1.807, 2.05) is 24.3 Å². The number of hydrogen-bond acceptors (Lipinski definition) is 4. The summed E-state index contributed by atoms with van der Waals surface area (Å²) in [4.78, 5) is 7.88. The maximum Gasteiger partial charge on any atom is 0.401 e. The van der Waals surface area contributed by atoms with Crippen molar-refractivity contribution in [2.24, 2.45) is 10.9 Å². The van der Waals surface area contributed by atoms with Crippen LogP contribution in [0.2, 0.25) is 0 Å². The van der Waals surface area contributed by atoms with Gasteiger partial charge in [0.25, 0.3) is 0 Å². The summed E-state index contributed by atoms with van der Waals surface area (Å²) in [5, 5.41) is 3.28. The first-order valence-electron chi connectivity index (χ1n) is 10.3. The Labute approximate surface area is 177 Å². The Kier molecular flexibility index (Phi) is 9.71. The number of benzene rings is 1. The summed E-state index contributed by atoms with van der Waals surface area (Å²) in [5.74, 6) is 1.76. The first-order valence-corrected chi connectivity index (χ1v) is 10.3. The summed E-state index contributed by atoms with van der Waals surface area (Å²) >= 11 is 0. The zero-order valence-corrected chi connectivity index (χ0v) is 18.0. The standard InChI is InChI=1S/C21H33F3N4O2/c1-4-27(16-21(22,23)24)13-17-9-11-28(14-17)20(25-2)26-10-12-30-15-18-7-5-6-8-19(18)29-3/h5-8,17H,4,9-16H2,1-3H3,(H,25,26). The number of para-hydroxylation sites is 1. The highest BCUT2D eigenvalue weighted by Gasteiger charge is 2.32. The molecule has 1 saturated heterocycles. The molecule has 1 heterocycles. The quantitative estimate of drug-likeness (QED) is 0.351. The van der Waals surface area contributed by atoms with Crippen LogP contribution in [0.25, 0.3) is 0 Å². The van der Waals surface area contributed by atoms with Crippen molar-refractivity contribution in [1.82, 2.24) is 15.1 Å². The van der Waals surface area contributed by atoms with E-state index >= 15 is 0 Å². The summed E-state index contributed by atoms with van der Waals surface area (Å²) < 4.78 is 49.1. The number of aliphatic imine (C=N–C) groups is 1. The molecular formula is C21H33F3N4O2. The van der Waals surface area contributed by atoms with Gasteiger partial charge in [0, 0.05) is 38.8 Å². The van der Waals surface area contributed by atoms with Gasteiger partial charge in [-0.25, -0.2) is 0 Å². The lowest BCUT2D eigenvalue weighted by Gasteiger charge is -2.26. The molecule has 0 aromatic heterocycles. The third kappa shape index (κ3) is 8.02. The molecule has 1 atom stereocenters. The lowest BCUT2D eigenvalue weighted by molar-refractivity contribution is -0.146. The predicted molar refractivity (Wildman–Crippen MR) is 112 cm³/mol. The van der Waals surface area contributed by atoms with Crippen molar-refractivity contribution in [3.63, 3.8) is 0 Å². The molecule has 170 valence electrons. The number of ether oxygens (including phenoxy) is 2. The zero-order valence-electron chi connectivity index (χ0n) is 18.0. The molecule has 1 N–H and O–H groups in total. The van der Waals surface area contributed by atoms with Crippen LogP contribution in [0.4, 0.5) is 13.2 Å². The van der Waals surface area contributed by atoms with Gasteiger partial charge in [0.15, 0.2) is 5.96 Å². The maximum atomic E-state index is 12.7. The minimum atomic E-state index is -4.16. The normalized spacial score (nSPS) is 17.6. The smallest absolute Gasteiger partial charge is 0.401 e. The molecule has 0 bridgehead atoms. The summed E-state index contributed by atoms with van der Waals surface area (Å²) in [7, 11) is 3.35. The van der Waals surface area contributed by atoms with Crippen LogP contribution < -0.4 is 10.1 Å². The van der Waals surface area contributed by atoms with Gasteiger partial charge >= 0.3 is 6.18 Å². The van der Waals surface area contributed by atoms with Crippen molar-refractivity contribution in [3.05, 3.63) is 29.8 Å². The topological polar surface area (TPSA) is 49.3 Å². The number of likely N-dealkylation sites (tertiary alicyclic amines) is 1. The second-order valence-electron chi connectivity index (χ2n) is 7.38. The average Bonchev–Trinajstić information content (AvgIpc) is 3.17. The molecule has 6 nitrogen and oxygen atoms in total. The minimum Gasteiger partial charge on any atom is -0.496 e. The van der Waals surface area contributed by atoms with Crippen LogP contribution in [0.5, 0.6) is 5.75 Å². The average molecular weight is 431 g/mol. The Morgan fingerprint density at radius 3 is 2.77 bits per heavy atom. The zero-order chi connectivity index (χ0) is 22.0. The van der Waals surface area contributed by atoms with E-state index < -0.39 is 12.7 Å². The Bertz CT molecular complexity index is 670. The number of rotatable bonds is 10. The van der Waals surface area contributed by atoms with Gasteiger partial charge in [0.1, 0.15) is 5.75 Å². The van der Waals surface area contributed by atoms with Gasteiger partial charge in [-0.3, -0.25) is 9.89 Å². The summed E-state index contributed by atoms with van der Waals surface area (Å²) in [5.41, 5.74) is 0.992. The largest absolute Gasteiger partial charge is 0.496 e. The van der Waals surface area contributed by atoms with Gasteiger partial charge in [-0.2, -0.15) is 13.2 Å². The van der Waals surface area contributed by atoms with Crippen LogP contribution >= 0.6 is 0 Å². The molecule has 0 amide bonds. The molecule has 0 spiro atoms. The third-order valence-electron chi connectivity index (χ3n) is 5.14. The number of nitrogens with zero attached hydrogens (tertiary/aromatic N) is 3. The second kappa shape index (κ2) is 12.0. The Morgan fingerprint density at radius 2 is 2.10 bits per heavy atom. The van der Waals surface area contributed by atoms with Crippen molar-refractivity contribution in [1.29, 1.82) is 0 Å². The summed E-state index contributed by atoms with van der Waals surface area (Å²) in [6, 6.07) is 7.73. The van der Waals surface area contributed by atoms with E-state index in [0.29, 0.717) is 39.4 Å². The number of hydrogen-bond donors (Lipinski definition) is 1. The van der Waals surface area contributed by atoms with E-state index in [9.17, 15) is 13.2 Å². The van der Waals surface area contributed by atoms with Gasteiger partial charge in [-0.1, -0.05) is 25.1 Å². The highest BCUT2D eigenvalue weighted by molar-refractivity contribution is 5.80. The number of halogens is 3. The van der Waals surface area contributed by atoms with E-state index in [-0.39, 0.29) is 5.92 Å². The van der Waals surface area contributed by atoms with E-state index in [0.717, 1.165) is 30.2 Å². The van der Waals surface area contributed by atoms with Crippen LogP contribution in [-0.4, -0.2) is 82.0 Å². The molecule has 30 heavy (non-hydrogen) atoms. The first-order chi connectivity index (χ1) is 14.4. The van der Waals surface area contributed by atoms with Gasteiger partial charge < -0.3 is 19.7 Å². The molecule has 9 heteroatoms. The summed E-state index contributed by atoms with van der Waals surface area (Å²) in [6.45, 7) is 4.81. The van der Waals surface area contributed by atoms with Crippen LogP contribution in [0.3, 0.4) is 0 Å². The number of methoxy groups -OCH3 is 1. The lowest BCUT2D eigenvalue weighted by atomic mass is 10.1. The number of guanidine groups is 1. The van der Waals surface area contributed by atoms with Gasteiger partial charge in [0.2, 0.25) is 0 Å². The van der Waals surface area contributed by atoms with Crippen LogP contribution in [0.15, 0.2) is 29.3 Å². The highest BCUT2D eigenvalue weighted by atomic mass is 19.4.